The molecule has 0 spiro atoms. The van der Waals surface area contributed by atoms with Gasteiger partial charge in [0.05, 0.1) is 28.3 Å². The smallest absolute Gasteiger partial charge is 0.312 e. The molecule has 80 heavy (non-hydrogen) atoms. The zero-order valence-electron chi connectivity index (χ0n) is 54.1. The van der Waals surface area contributed by atoms with Gasteiger partial charge in [0, 0.05) is 81.6 Å². The normalized spacial score (nSPS) is 29.2. The third-order valence-corrected chi connectivity index (χ3v) is 19.0. The molecule has 2 amide bonds. The summed E-state index contributed by atoms with van der Waals surface area (Å²) in [5.74, 6) is -9.43. The molecule has 460 valence electrons. The van der Waals surface area contributed by atoms with Gasteiger partial charge in [-0.1, -0.05) is 0 Å². The summed E-state index contributed by atoms with van der Waals surface area (Å²) in [4.78, 5) is 89.4. The first kappa shape index (κ1) is 67.4. The number of hydrogen-bond acceptors (Lipinski definition) is 12. The summed E-state index contributed by atoms with van der Waals surface area (Å²) in [5, 5.41) is 70.4. The van der Waals surface area contributed by atoms with Crippen LogP contribution in [0, 0.1) is 39.9 Å². The second-order valence-corrected chi connectivity index (χ2v) is 33.8. The highest BCUT2D eigenvalue weighted by Crippen LogP contribution is 2.74. The molecule has 18 heteroatoms. The molecule has 0 aromatic carbocycles. The summed E-state index contributed by atoms with van der Waals surface area (Å²) in [6, 6.07) is 0. The molecule has 2 unspecified atom stereocenters. The minimum absolute atomic E-state index is 0.0999. The number of nitrogens with zero attached hydrogens (tertiary/aromatic N) is 2. The van der Waals surface area contributed by atoms with Gasteiger partial charge in [0.1, 0.15) is 5.41 Å². The van der Waals surface area contributed by atoms with Gasteiger partial charge in [0.2, 0.25) is 11.8 Å². The molecule has 0 aromatic rings. The number of carboxylic acids is 4. The van der Waals surface area contributed by atoms with Crippen molar-refractivity contribution in [3.05, 3.63) is 0 Å². The second kappa shape index (κ2) is 21.0. The summed E-state index contributed by atoms with van der Waals surface area (Å²) in [7, 11) is 0. The molecule has 6 rings (SSSR count). The van der Waals surface area contributed by atoms with E-state index in [1.54, 1.807) is 0 Å². The number of aliphatic carboxylic acids is 4. The summed E-state index contributed by atoms with van der Waals surface area (Å²) >= 11 is 0. The molecule has 6 saturated heterocycles. The number of carbonyl (C=O) groups excluding carboxylic acids is 2. The summed E-state index contributed by atoms with van der Waals surface area (Å²) in [6.45, 7) is 50.2. The largest absolute Gasteiger partial charge is 0.481 e. The van der Waals surface area contributed by atoms with Crippen molar-refractivity contribution < 1.29 is 49.2 Å². The topological polar surface area (TPSA) is 262 Å². The monoisotopic (exact) mass is 1130 g/mol. The minimum atomic E-state index is -2.62. The third-order valence-electron chi connectivity index (χ3n) is 19.0. The number of amides is 2. The molecule has 2 atom stereocenters. The quantitative estimate of drug-likeness (QED) is 0.0794. The standard InChI is InChI=1S/C44H78N4O8.C18H34N4O2/c1-34(2)17-26(18-35(3,4)45-34)42(31(51)52,25-30(49)50)44(33(55)56,29-23-40(13,14)48-41(15,16)24-29)43(32(53)54,27-19-36(5,6)46-37(7,8)20-27)28-21-38(9,10)47-39(11,12)22-28;1-15(2)11-21(13(23)17(5,6)19-15)9-10-22-12-16(3,4)20-18(7,8)14(22)24/h26-29,45-48H,17-25H2,1-16H3,(H,49,50)(H,51,52)(H,53,54)(H,55,56);19-20H,9-12H2,1-8H3. The second-order valence-electron chi connectivity index (χ2n) is 33.8. The number of carboxylic acid groups (broad SMARTS) is 4. The Morgan fingerprint density at radius 1 is 0.388 bits per heavy atom. The fraction of sp³-hybridized carbons (Fsp3) is 0.903. The lowest BCUT2D eigenvalue weighted by Gasteiger charge is -2.69. The lowest BCUT2D eigenvalue weighted by atomic mass is 9.32. The Morgan fingerprint density at radius 3 is 0.887 bits per heavy atom. The Labute approximate surface area is 481 Å². The van der Waals surface area contributed by atoms with Crippen molar-refractivity contribution in [2.45, 2.75) is 290 Å². The van der Waals surface area contributed by atoms with Crippen molar-refractivity contribution in [3.8, 4) is 0 Å². The number of rotatable bonds is 14. The minimum Gasteiger partial charge on any atom is -0.481 e. The highest BCUT2D eigenvalue weighted by atomic mass is 16.4. The van der Waals surface area contributed by atoms with Crippen LogP contribution in [0.15, 0.2) is 0 Å². The molecule has 0 radical (unpaired) electrons. The fourth-order valence-electron chi connectivity index (χ4n) is 19.3. The van der Waals surface area contributed by atoms with Gasteiger partial charge in [-0.25, -0.2) is 0 Å². The van der Waals surface area contributed by atoms with Gasteiger partial charge < -0.3 is 51.5 Å². The molecular formula is C62H112N8O10. The first-order valence-electron chi connectivity index (χ1n) is 29.7. The van der Waals surface area contributed by atoms with E-state index in [1.165, 1.54) is 0 Å². The van der Waals surface area contributed by atoms with E-state index in [-0.39, 0.29) is 74.3 Å². The molecule has 6 heterocycles. The number of piperidine rings is 4. The fourth-order valence-corrected chi connectivity index (χ4v) is 19.3. The number of piperazine rings is 2. The van der Waals surface area contributed by atoms with Crippen LogP contribution in [0.2, 0.25) is 0 Å². The van der Waals surface area contributed by atoms with Crippen LogP contribution in [-0.2, 0) is 28.8 Å². The van der Waals surface area contributed by atoms with E-state index in [0.29, 0.717) is 26.2 Å². The van der Waals surface area contributed by atoms with Crippen molar-refractivity contribution in [3.63, 3.8) is 0 Å². The van der Waals surface area contributed by atoms with Crippen LogP contribution in [0.1, 0.15) is 224 Å². The number of nitrogens with one attached hydrogen (secondary N) is 6. The van der Waals surface area contributed by atoms with Crippen molar-refractivity contribution in [2.24, 2.45) is 39.9 Å². The Kier molecular flexibility index (Phi) is 17.7. The summed E-state index contributed by atoms with van der Waals surface area (Å²) < 4.78 is 0. The van der Waals surface area contributed by atoms with Crippen LogP contribution in [0.3, 0.4) is 0 Å². The van der Waals surface area contributed by atoms with E-state index in [4.69, 9.17) is 0 Å². The van der Waals surface area contributed by atoms with Crippen LogP contribution < -0.4 is 31.9 Å². The van der Waals surface area contributed by atoms with Crippen LogP contribution in [0.4, 0.5) is 0 Å². The predicted molar refractivity (Wildman–Crippen MR) is 314 cm³/mol. The van der Waals surface area contributed by atoms with E-state index < -0.39 is 126 Å². The zero-order chi connectivity index (χ0) is 61.9. The first-order chi connectivity index (χ1) is 35.5. The average molecular weight is 1130 g/mol. The number of carbonyl (C=O) groups is 6. The van der Waals surface area contributed by atoms with E-state index >= 15 is 14.4 Å². The van der Waals surface area contributed by atoms with Crippen LogP contribution in [0.25, 0.3) is 0 Å². The molecule has 6 fully saturated rings. The Bertz CT molecular complexity index is 2250. The maximum Gasteiger partial charge on any atom is 0.312 e. The van der Waals surface area contributed by atoms with Crippen molar-refractivity contribution in [1.29, 1.82) is 0 Å². The summed E-state index contributed by atoms with van der Waals surface area (Å²) in [5.41, 5.74) is -14.5. The molecule has 18 nitrogen and oxygen atoms in total. The lowest BCUT2D eigenvalue weighted by Crippen LogP contribution is -2.79. The van der Waals surface area contributed by atoms with Gasteiger partial charge in [0.15, 0.2) is 0 Å². The van der Waals surface area contributed by atoms with Gasteiger partial charge in [-0.05, 0) is 241 Å². The van der Waals surface area contributed by atoms with Crippen LogP contribution in [-0.4, -0.2) is 159 Å². The first-order valence-corrected chi connectivity index (χ1v) is 29.7. The zero-order valence-corrected chi connectivity index (χ0v) is 54.1. The van der Waals surface area contributed by atoms with Gasteiger partial charge >= 0.3 is 23.9 Å². The Balaban J connectivity index is 0.000000407. The van der Waals surface area contributed by atoms with Crippen LogP contribution >= 0.6 is 0 Å². The maximum atomic E-state index is 15.7. The highest BCUT2D eigenvalue weighted by Gasteiger charge is 2.83. The van der Waals surface area contributed by atoms with Gasteiger partial charge in [-0.15, -0.1) is 0 Å². The number of hydrogen-bond donors (Lipinski definition) is 10. The molecular weight excluding hydrogens is 1020 g/mol. The van der Waals surface area contributed by atoms with E-state index in [9.17, 15) is 34.8 Å². The van der Waals surface area contributed by atoms with Crippen molar-refractivity contribution in [1.82, 2.24) is 41.7 Å². The molecule has 6 aliphatic heterocycles. The molecule has 0 aromatic heterocycles. The van der Waals surface area contributed by atoms with Gasteiger partial charge in [0.25, 0.3) is 0 Å². The van der Waals surface area contributed by atoms with E-state index in [0.717, 1.165) is 0 Å². The summed E-state index contributed by atoms with van der Waals surface area (Å²) in [6.07, 6.45) is 0.563. The Morgan fingerprint density at radius 2 is 0.650 bits per heavy atom. The highest BCUT2D eigenvalue weighted by molar-refractivity contribution is 5.96. The molecule has 0 bridgehead atoms. The van der Waals surface area contributed by atoms with E-state index in [1.807, 2.05) is 148 Å². The SMILES string of the molecule is CC1(C)CC(C(CC(=O)O)(C(=O)O)C(C(=O)O)(C2CC(C)(C)NC(C)(C)C2)C(C(=O)O)(C2CC(C)(C)NC(C)(C)C2)C2CC(C)(C)NC(C)(C)C2)CC(C)(C)N1.CC1(C)CN(CCN2CC(C)(C)NC(C)(C)C2=O)C(=O)C(C)(C)N1. The lowest BCUT2D eigenvalue weighted by molar-refractivity contribution is -0.256. The average Bonchev–Trinajstić information content (AvgIpc) is 3.15. The van der Waals surface area contributed by atoms with Gasteiger partial charge in [-0.2, -0.15) is 0 Å². The molecule has 6 aliphatic rings. The molecule has 10 N–H and O–H groups in total. The molecule has 0 aliphatic carbocycles. The van der Waals surface area contributed by atoms with Crippen molar-refractivity contribution in [2.75, 3.05) is 26.2 Å². The van der Waals surface area contributed by atoms with Crippen molar-refractivity contribution >= 4 is 35.7 Å². The van der Waals surface area contributed by atoms with Crippen LogP contribution in [0.5, 0.6) is 0 Å². The van der Waals surface area contributed by atoms with E-state index in [2.05, 4.69) is 59.6 Å². The maximum absolute atomic E-state index is 15.7. The third kappa shape index (κ3) is 13.6. The molecule has 0 saturated carbocycles. The Hall–Kier alpha value is -3.42. The van der Waals surface area contributed by atoms with Gasteiger partial charge in [-0.3, -0.25) is 39.4 Å². The predicted octanol–water partition coefficient (Wildman–Crippen LogP) is 7.87.